The van der Waals surface area contributed by atoms with Gasteiger partial charge in [0, 0.05) is 0 Å². The normalized spacial score (nSPS) is 39.6. The number of carbonyl (C=O) groups excluding carboxylic acids is 4. The molecule has 0 bridgehead atoms. The van der Waals surface area contributed by atoms with Gasteiger partial charge in [0.15, 0.2) is 0 Å². The van der Waals surface area contributed by atoms with Crippen molar-refractivity contribution in [3.8, 4) is 0 Å². The van der Waals surface area contributed by atoms with Crippen molar-refractivity contribution in [2.75, 3.05) is 0 Å². The number of esters is 4. The Bertz CT molecular complexity index is 413. The zero-order valence-corrected chi connectivity index (χ0v) is 9.59. The van der Waals surface area contributed by atoms with Gasteiger partial charge in [-0.3, -0.25) is 19.2 Å². The van der Waals surface area contributed by atoms with Crippen LogP contribution in [0.5, 0.6) is 0 Å². The van der Waals surface area contributed by atoms with E-state index in [9.17, 15) is 19.2 Å². The van der Waals surface area contributed by atoms with Crippen molar-refractivity contribution in [1.82, 2.24) is 0 Å². The van der Waals surface area contributed by atoms with Crippen molar-refractivity contribution in [2.45, 2.75) is 25.7 Å². The van der Waals surface area contributed by atoms with E-state index in [0.29, 0.717) is 19.3 Å². The highest BCUT2D eigenvalue weighted by molar-refractivity contribution is 5.99. The van der Waals surface area contributed by atoms with Crippen LogP contribution in [0.25, 0.3) is 0 Å². The van der Waals surface area contributed by atoms with Crippen LogP contribution in [-0.2, 0) is 28.7 Å². The van der Waals surface area contributed by atoms with Crippen LogP contribution < -0.4 is 0 Å². The summed E-state index contributed by atoms with van der Waals surface area (Å²) in [6.45, 7) is 0. The van der Waals surface area contributed by atoms with Gasteiger partial charge in [-0.25, -0.2) is 0 Å². The maximum atomic E-state index is 11.6. The second kappa shape index (κ2) is 3.90. The van der Waals surface area contributed by atoms with Gasteiger partial charge < -0.3 is 9.47 Å². The average molecular weight is 252 g/mol. The molecule has 4 atom stereocenters. The molecule has 1 aliphatic carbocycles. The van der Waals surface area contributed by atoms with E-state index in [0.717, 1.165) is 0 Å². The maximum absolute atomic E-state index is 11.6. The minimum Gasteiger partial charge on any atom is -0.393 e. The van der Waals surface area contributed by atoms with Gasteiger partial charge in [-0.2, -0.15) is 0 Å². The van der Waals surface area contributed by atoms with E-state index in [-0.39, 0.29) is 6.42 Å². The van der Waals surface area contributed by atoms with E-state index in [4.69, 9.17) is 0 Å². The largest absolute Gasteiger partial charge is 0.393 e. The molecule has 6 nitrogen and oxygen atoms in total. The van der Waals surface area contributed by atoms with Gasteiger partial charge in [0.1, 0.15) is 0 Å². The van der Waals surface area contributed by atoms with Gasteiger partial charge >= 0.3 is 23.9 Å². The highest BCUT2D eigenvalue weighted by atomic mass is 16.6. The second-order valence-electron chi connectivity index (χ2n) is 5.07. The molecule has 0 amide bonds. The summed E-state index contributed by atoms with van der Waals surface area (Å²) in [6.07, 6.45) is 1.86. The minimum absolute atomic E-state index is 0.185. The maximum Gasteiger partial charge on any atom is 0.317 e. The van der Waals surface area contributed by atoms with E-state index in [2.05, 4.69) is 9.47 Å². The lowest BCUT2D eigenvalue weighted by molar-refractivity contribution is -0.154. The summed E-state index contributed by atoms with van der Waals surface area (Å²) in [5.74, 6) is -4.24. The van der Waals surface area contributed by atoms with Gasteiger partial charge in [-0.15, -0.1) is 0 Å². The molecule has 0 aromatic carbocycles. The molecule has 0 spiro atoms. The van der Waals surface area contributed by atoms with Crippen LogP contribution in [0, 0.1) is 23.7 Å². The number of carbonyl (C=O) groups is 4. The molecule has 0 aromatic rings. The average Bonchev–Trinajstić information content (AvgIpc) is 2.65. The topological polar surface area (TPSA) is 86.7 Å². The van der Waals surface area contributed by atoms with E-state index < -0.39 is 47.5 Å². The first-order chi connectivity index (χ1) is 8.58. The van der Waals surface area contributed by atoms with Crippen LogP contribution in [0.3, 0.4) is 0 Å². The molecule has 96 valence electrons. The molecule has 3 rings (SSSR count). The van der Waals surface area contributed by atoms with Crippen LogP contribution in [0.15, 0.2) is 0 Å². The zero-order chi connectivity index (χ0) is 12.9. The number of fused-ring (bicyclic) bond motifs is 2. The molecule has 6 heteroatoms. The molecule has 4 unspecified atom stereocenters. The van der Waals surface area contributed by atoms with Gasteiger partial charge in [-0.05, 0) is 19.3 Å². The Balaban J connectivity index is 1.88. The number of rotatable bonds is 0. The summed E-state index contributed by atoms with van der Waals surface area (Å²) in [6, 6.07) is 0. The van der Waals surface area contributed by atoms with Crippen molar-refractivity contribution < 1.29 is 28.7 Å². The van der Waals surface area contributed by atoms with Crippen molar-refractivity contribution in [2.24, 2.45) is 23.7 Å². The number of cyclic esters (lactones) is 4. The number of hydrogen-bond acceptors (Lipinski definition) is 6. The van der Waals surface area contributed by atoms with E-state index in [1.165, 1.54) is 0 Å². The number of ether oxygens (including phenoxy) is 2. The van der Waals surface area contributed by atoms with Crippen molar-refractivity contribution in [3.63, 3.8) is 0 Å². The second-order valence-corrected chi connectivity index (χ2v) is 5.07. The Morgan fingerprint density at radius 2 is 1.06 bits per heavy atom. The molecule has 0 aromatic heterocycles. The molecule has 3 aliphatic rings. The molecular weight excluding hydrogens is 240 g/mol. The molecule has 3 fully saturated rings. The lowest BCUT2D eigenvalue weighted by Crippen LogP contribution is -2.29. The molecule has 18 heavy (non-hydrogen) atoms. The van der Waals surface area contributed by atoms with Crippen LogP contribution in [0.2, 0.25) is 0 Å². The fourth-order valence-corrected chi connectivity index (χ4v) is 3.15. The molecular formula is C12H12O6. The van der Waals surface area contributed by atoms with Crippen molar-refractivity contribution in [3.05, 3.63) is 0 Å². The van der Waals surface area contributed by atoms with Crippen molar-refractivity contribution in [1.29, 1.82) is 0 Å². The van der Waals surface area contributed by atoms with Crippen LogP contribution in [0.1, 0.15) is 25.7 Å². The molecule has 1 saturated carbocycles. The van der Waals surface area contributed by atoms with Gasteiger partial charge in [0.25, 0.3) is 0 Å². The monoisotopic (exact) mass is 252 g/mol. The van der Waals surface area contributed by atoms with Crippen LogP contribution >= 0.6 is 0 Å². The summed E-state index contributed by atoms with van der Waals surface area (Å²) in [7, 11) is 0. The predicted molar refractivity (Wildman–Crippen MR) is 54.6 cm³/mol. The molecule has 0 N–H and O–H groups in total. The molecule has 0 radical (unpaired) electrons. The smallest absolute Gasteiger partial charge is 0.317 e. The first-order valence-corrected chi connectivity index (χ1v) is 6.09. The third kappa shape index (κ3) is 1.55. The fourth-order valence-electron chi connectivity index (χ4n) is 3.15. The summed E-state index contributed by atoms with van der Waals surface area (Å²) in [4.78, 5) is 46.2. The predicted octanol–water partition coefficient (Wildman–Crippen LogP) is 0.192. The highest BCUT2D eigenvalue weighted by Crippen LogP contribution is 2.42. The molecule has 2 saturated heterocycles. The zero-order valence-electron chi connectivity index (χ0n) is 9.59. The highest BCUT2D eigenvalue weighted by Gasteiger charge is 2.52. The van der Waals surface area contributed by atoms with Gasteiger partial charge in [-0.1, -0.05) is 6.42 Å². The van der Waals surface area contributed by atoms with Crippen LogP contribution in [0.4, 0.5) is 0 Å². The van der Waals surface area contributed by atoms with E-state index in [1.54, 1.807) is 0 Å². The third-order valence-corrected chi connectivity index (χ3v) is 4.12. The minimum atomic E-state index is -0.594. The Morgan fingerprint density at radius 3 is 1.50 bits per heavy atom. The number of hydrogen-bond donors (Lipinski definition) is 0. The lowest BCUT2D eigenvalue weighted by atomic mass is 9.75. The Labute approximate surface area is 103 Å². The fraction of sp³-hybridized carbons (Fsp3) is 0.667. The van der Waals surface area contributed by atoms with Crippen LogP contribution in [-0.4, -0.2) is 23.9 Å². The van der Waals surface area contributed by atoms with E-state index >= 15 is 0 Å². The van der Waals surface area contributed by atoms with Gasteiger partial charge in [0.2, 0.25) is 0 Å². The van der Waals surface area contributed by atoms with E-state index in [1.807, 2.05) is 0 Å². The third-order valence-electron chi connectivity index (χ3n) is 4.12. The summed E-state index contributed by atoms with van der Waals surface area (Å²) in [5, 5.41) is 0. The van der Waals surface area contributed by atoms with Gasteiger partial charge in [0.05, 0.1) is 23.7 Å². The first kappa shape index (κ1) is 11.4. The standard InChI is InChI=1S/C12H12O6/c13-9-5-2-1-3-6-8(12(16)18-10(6)14)4-7(5)11(15)17-9/h5-8H,1-4H2. The molecule has 2 heterocycles. The Kier molecular flexibility index (Phi) is 2.46. The first-order valence-electron chi connectivity index (χ1n) is 6.09. The van der Waals surface area contributed by atoms with Crippen molar-refractivity contribution >= 4 is 23.9 Å². The lowest BCUT2D eigenvalue weighted by Gasteiger charge is -2.22. The summed E-state index contributed by atoms with van der Waals surface area (Å²) < 4.78 is 9.23. The molecule has 2 aliphatic heterocycles. The summed E-state index contributed by atoms with van der Waals surface area (Å²) in [5.41, 5.74) is 0. The quantitative estimate of drug-likeness (QED) is 0.452. The Hall–Kier alpha value is -1.72. The SMILES string of the molecule is O=C1OC(=O)C2CC3C(=O)OC(=O)C3CCCC12. The Morgan fingerprint density at radius 1 is 0.667 bits per heavy atom. The summed E-state index contributed by atoms with van der Waals surface area (Å²) >= 11 is 0.